The maximum atomic E-state index is 15.5. The number of hydrogen-bond acceptors (Lipinski definition) is 22. The molecule has 12 atom stereocenters. The van der Waals surface area contributed by atoms with Crippen molar-refractivity contribution in [3.05, 3.63) is 84.6 Å². The average molecular weight is 1080 g/mol. The molecular formula is C36H42F2N10O19P4. The third kappa shape index (κ3) is 12.0. The first-order chi connectivity index (χ1) is 33.2. The van der Waals surface area contributed by atoms with Crippen LogP contribution in [0.5, 0.6) is 5.75 Å². The zero-order valence-corrected chi connectivity index (χ0v) is 40.0. The molecule has 3 unspecified atom stereocenters. The smallest absolute Gasteiger partial charge is 0.465 e. The molecule has 6 heterocycles. The van der Waals surface area contributed by atoms with Crippen LogP contribution in [-0.2, 0) is 66.1 Å². The van der Waals surface area contributed by atoms with Crippen molar-refractivity contribution in [2.45, 2.75) is 67.9 Å². The fourth-order valence-corrected chi connectivity index (χ4v) is 11.6. The number of carbonyl (C=O) groups is 1. The van der Waals surface area contributed by atoms with E-state index < -0.39 is 104 Å². The van der Waals surface area contributed by atoms with Gasteiger partial charge in [0.25, 0.3) is 0 Å². The van der Waals surface area contributed by atoms with E-state index in [0.29, 0.717) is 11.2 Å². The van der Waals surface area contributed by atoms with Gasteiger partial charge in [-0.3, -0.25) is 13.8 Å². The minimum absolute atomic E-state index is 0.00845. The molecule has 0 radical (unpaired) electrons. The first-order valence-corrected chi connectivity index (χ1v) is 26.2. The lowest BCUT2D eigenvalue weighted by Crippen LogP contribution is -2.38. The Kier molecular flexibility index (Phi) is 16.6. The number of nitrogens with one attached hydrogen (secondary N) is 1. The van der Waals surface area contributed by atoms with Crippen LogP contribution in [0.15, 0.2) is 73.2 Å². The number of hydrogen-bond donors (Lipinski definition) is 9. The highest BCUT2D eigenvalue weighted by molar-refractivity contribution is 7.66. The first kappa shape index (κ1) is 55.0. The second kappa shape index (κ2) is 21.4. The number of halogens is 2. The number of aliphatic hydroxyl groups excluding tert-OH is 2. The summed E-state index contributed by atoms with van der Waals surface area (Å²) in [5, 5.41) is 51.0. The summed E-state index contributed by atoms with van der Waals surface area (Å²) in [6, 6.07) is 17.4. The van der Waals surface area contributed by atoms with Crippen molar-refractivity contribution in [2.75, 3.05) is 31.3 Å². The van der Waals surface area contributed by atoms with E-state index in [9.17, 15) is 48.7 Å². The van der Waals surface area contributed by atoms with Gasteiger partial charge in [-0.1, -0.05) is 18.2 Å². The monoisotopic (exact) mass is 1080 g/mol. The lowest BCUT2D eigenvalue weighted by molar-refractivity contribution is -0.144. The number of benzene rings is 1. The van der Waals surface area contributed by atoms with Crippen LogP contribution in [0.4, 0.5) is 20.3 Å². The van der Waals surface area contributed by atoms with Crippen LogP contribution in [0.1, 0.15) is 25.2 Å². The summed E-state index contributed by atoms with van der Waals surface area (Å²) in [4.78, 5) is 51.5. The molecular weight excluding hydrogens is 1040 g/mol. The minimum atomic E-state index is -5.79. The van der Waals surface area contributed by atoms with Gasteiger partial charge in [-0.25, -0.2) is 41.1 Å². The quantitative estimate of drug-likeness (QED) is 0.0447. The van der Waals surface area contributed by atoms with E-state index in [1.807, 2.05) is 6.07 Å². The number of rotatable bonds is 18. The number of nitriles is 2. The summed E-state index contributed by atoms with van der Waals surface area (Å²) < 4.78 is 119. The lowest BCUT2D eigenvalue weighted by atomic mass is 9.94. The molecule has 2 aliphatic rings. The van der Waals surface area contributed by atoms with Gasteiger partial charge >= 0.3 is 37.2 Å². The fraction of sp³-hybridized carbons (Fsp3) is 0.389. The summed E-state index contributed by atoms with van der Waals surface area (Å²) in [6.45, 7) is 1.29. The molecule has 2 aliphatic heterocycles. The van der Waals surface area contributed by atoms with Gasteiger partial charge in [-0.2, -0.15) is 34.4 Å². The fourth-order valence-electron chi connectivity index (χ4n) is 7.03. The maximum absolute atomic E-state index is 15.5. The topological polar surface area (TPSA) is 440 Å². The van der Waals surface area contributed by atoms with E-state index >= 15 is 8.78 Å². The van der Waals surface area contributed by atoms with Crippen molar-refractivity contribution in [1.29, 1.82) is 10.5 Å². The van der Waals surface area contributed by atoms with E-state index in [-0.39, 0.29) is 35.1 Å². The molecule has 35 heteroatoms. The number of ether oxygens (including phenoxy) is 3. The number of para-hydroxylation sites is 1. The van der Waals surface area contributed by atoms with Gasteiger partial charge in [0.2, 0.25) is 11.2 Å². The number of aliphatic hydroxyl groups is 2. The molecule has 0 spiro atoms. The first-order valence-electron chi connectivity index (χ1n) is 20.1. The van der Waals surface area contributed by atoms with Crippen LogP contribution < -0.4 is 21.1 Å². The van der Waals surface area contributed by atoms with E-state index in [4.69, 9.17) is 49.4 Å². The van der Waals surface area contributed by atoms with Gasteiger partial charge in [0.1, 0.15) is 60.2 Å². The Bertz CT molecular complexity index is 3030. The molecule has 2 fully saturated rings. The molecule has 0 amide bonds. The molecule has 11 N–H and O–H groups in total. The van der Waals surface area contributed by atoms with Gasteiger partial charge < -0.3 is 60.0 Å². The number of nitrogens with zero attached hydrogens (tertiary/aromatic N) is 7. The van der Waals surface area contributed by atoms with Crippen LogP contribution >= 0.6 is 31.2 Å². The van der Waals surface area contributed by atoms with Gasteiger partial charge in [0.05, 0.1) is 42.4 Å². The SMILES string of the molecule is CCOC(=O)[C@H](C)NP(=O)(OC[C@H]1O[C@@](C#N)(c2ccc3c(N)ccnn23)[C@H](F)[C@@H]1O)Oc1ccccc1.N#C[C@@]1(c2ccc3c(N)ncnn23)O[C@H](COP(=O)(O)OP(=O)(O)OP(=O)(O)O)[C@@H](O)[C@H]1F. The molecule has 29 nitrogen and oxygen atoms in total. The number of alkyl halides is 2. The lowest BCUT2D eigenvalue weighted by Gasteiger charge is -2.25. The van der Waals surface area contributed by atoms with E-state index in [1.165, 1.54) is 48.0 Å². The second-order valence-electron chi connectivity index (χ2n) is 14.9. The predicted octanol–water partition coefficient (Wildman–Crippen LogP) is 1.95. The molecule has 0 aliphatic carbocycles. The molecule has 0 saturated carbocycles. The van der Waals surface area contributed by atoms with E-state index in [1.54, 1.807) is 43.3 Å². The molecule has 7 rings (SSSR count). The number of fused-ring (bicyclic) bond motifs is 2. The summed E-state index contributed by atoms with van der Waals surface area (Å²) >= 11 is 0. The molecule has 5 aromatic rings. The van der Waals surface area contributed by atoms with Crippen LogP contribution in [0.3, 0.4) is 0 Å². The average Bonchev–Trinajstić information content (AvgIpc) is 4.05. The van der Waals surface area contributed by atoms with Crippen molar-refractivity contribution in [3.8, 4) is 17.9 Å². The Balaban J connectivity index is 0.000000235. The highest BCUT2D eigenvalue weighted by atomic mass is 31.3. The molecule has 4 aromatic heterocycles. The van der Waals surface area contributed by atoms with Crippen molar-refractivity contribution in [2.24, 2.45) is 0 Å². The normalized spacial score (nSPS) is 27.3. The maximum Gasteiger partial charge on any atom is 0.490 e. The zero-order chi connectivity index (χ0) is 52.3. The summed E-state index contributed by atoms with van der Waals surface area (Å²) in [6.07, 6.45) is -9.45. The Labute approximate surface area is 398 Å². The molecule has 71 heavy (non-hydrogen) atoms. The molecule has 1 aromatic carbocycles. The minimum Gasteiger partial charge on any atom is -0.465 e. The molecule has 384 valence electrons. The number of anilines is 2. The number of phosphoric acid groups is 3. The Morgan fingerprint density at radius 2 is 1.38 bits per heavy atom. The highest BCUT2D eigenvalue weighted by Crippen LogP contribution is 2.66. The summed E-state index contributed by atoms with van der Waals surface area (Å²) in [5.41, 5.74) is 7.63. The van der Waals surface area contributed by atoms with Crippen molar-refractivity contribution in [3.63, 3.8) is 0 Å². The second-order valence-corrected chi connectivity index (χ2v) is 21.1. The number of aromatic nitrogens is 5. The van der Waals surface area contributed by atoms with E-state index in [2.05, 4.69) is 33.4 Å². The van der Waals surface area contributed by atoms with Crippen molar-refractivity contribution < 1.29 is 98.0 Å². The highest BCUT2D eigenvalue weighted by Gasteiger charge is 2.61. The van der Waals surface area contributed by atoms with Crippen LogP contribution in [0, 0.1) is 22.7 Å². The summed E-state index contributed by atoms with van der Waals surface area (Å²) in [5.74, 6) is -0.558. The number of esters is 1. The predicted molar refractivity (Wildman–Crippen MR) is 233 cm³/mol. The largest absolute Gasteiger partial charge is 0.490 e. The van der Waals surface area contributed by atoms with Gasteiger partial charge in [0.15, 0.2) is 18.2 Å². The Morgan fingerprint density at radius 3 is 1.93 bits per heavy atom. The number of phosphoric ester groups is 1. The van der Waals surface area contributed by atoms with Crippen molar-refractivity contribution >= 4 is 59.7 Å². The number of nitrogens with two attached hydrogens (primary N) is 2. The number of carbonyl (C=O) groups excluding carboxylic acids is 1. The number of nitrogen functional groups attached to an aromatic ring is 2. The van der Waals surface area contributed by atoms with Crippen molar-refractivity contribution in [1.82, 2.24) is 29.3 Å². The van der Waals surface area contributed by atoms with Crippen LogP contribution in [0.2, 0.25) is 0 Å². The Morgan fingerprint density at radius 1 is 0.831 bits per heavy atom. The third-order valence-electron chi connectivity index (χ3n) is 10.2. The molecule has 2 saturated heterocycles. The third-order valence-corrected chi connectivity index (χ3v) is 15.6. The van der Waals surface area contributed by atoms with Gasteiger partial charge in [-0.15, -0.1) is 0 Å². The standard InChI is InChI=1S/C24H27FN5O7P.C12H15FN5O12P3/c1-3-34-23(32)15(2)29-38(33,37-16-7-5-4-6-8-16)35-13-19-21(31)22(25)24(14-26,36-19)20-10-9-18-17(27)11-12-28-30(18)20;13-10-9(19)7(3-27-32(23,24)30-33(25,26)29-31(20,21)22)28-12(10,4-14)8-2-1-6-11(15)16-5-17-18(6)8/h4-12,15,19,21-22,31H,3,13,27H2,1-2H3,(H,29,33);1-2,5,7,9-10,19H,3H2,(H,23,24)(H,25,26)(H2,15,16,17)(H2,20,21,22)/t15-,19+,21+,22+,24-,38?;7-,9-,10-,12+/m01/s1. The van der Waals surface area contributed by atoms with Crippen LogP contribution in [-0.4, -0.2) is 123 Å². The van der Waals surface area contributed by atoms with Gasteiger partial charge in [-0.05, 0) is 56.3 Å². The van der Waals surface area contributed by atoms with Gasteiger partial charge in [0, 0.05) is 6.20 Å². The van der Waals surface area contributed by atoms with E-state index in [0.717, 1.165) is 10.8 Å². The summed E-state index contributed by atoms with van der Waals surface area (Å²) in [7, 11) is -21.3. The Hall–Kier alpha value is -5.36. The zero-order valence-electron chi connectivity index (χ0n) is 36.4. The molecule has 0 bridgehead atoms. The van der Waals surface area contributed by atoms with Crippen LogP contribution in [0.25, 0.3) is 11.0 Å².